The van der Waals surface area contributed by atoms with Gasteiger partial charge < -0.3 is 5.11 Å². The number of rotatable bonds is 13. The van der Waals surface area contributed by atoms with Crippen LogP contribution in [0.3, 0.4) is 0 Å². The third-order valence-corrected chi connectivity index (χ3v) is 4.75. The van der Waals surface area contributed by atoms with Crippen LogP contribution >= 0.6 is 0 Å². The molecule has 0 bridgehead atoms. The molecule has 0 aliphatic carbocycles. The predicted molar refractivity (Wildman–Crippen MR) is 95.6 cm³/mol. The Balaban J connectivity index is 3.73. The SMILES string of the molecule is CCC(CCCC(C)CCCC(C)C)CCC(C)=CCO. The Bertz CT molecular complexity index is 255. The van der Waals surface area contributed by atoms with Gasteiger partial charge in [0.15, 0.2) is 0 Å². The van der Waals surface area contributed by atoms with Gasteiger partial charge in [-0.1, -0.05) is 84.3 Å². The average molecular weight is 297 g/mol. The van der Waals surface area contributed by atoms with Crippen LogP contribution in [0.4, 0.5) is 0 Å². The molecule has 0 aromatic heterocycles. The van der Waals surface area contributed by atoms with Crippen LogP contribution in [0.1, 0.15) is 92.4 Å². The van der Waals surface area contributed by atoms with Crippen molar-refractivity contribution >= 4 is 0 Å². The summed E-state index contributed by atoms with van der Waals surface area (Å²) in [6.07, 6.45) is 14.1. The van der Waals surface area contributed by atoms with E-state index in [1.54, 1.807) is 0 Å². The van der Waals surface area contributed by atoms with Gasteiger partial charge in [0, 0.05) is 0 Å². The summed E-state index contributed by atoms with van der Waals surface area (Å²) in [7, 11) is 0. The van der Waals surface area contributed by atoms with Crippen molar-refractivity contribution < 1.29 is 5.11 Å². The molecular formula is C20H40O. The molecule has 0 fully saturated rings. The minimum atomic E-state index is 0.191. The lowest BCUT2D eigenvalue weighted by Gasteiger charge is -2.17. The van der Waals surface area contributed by atoms with Crippen LogP contribution in [0.5, 0.6) is 0 Å². The maximum atomic E-state index is 8.89. The molecule has 2 atom stereocenters. The molecular weight excluding hydrogens is 256 g/mol. The number of aliphatic hydroxyl groups is 1. The summed E-state index contributed by atoms with van der Waals surface area (Å²) in [5.74, 6) is 2.63. The first-order chi connectivity index (χ1) is 9.99. The lowest BCUT2D eigenvalue weighted by Crippen LogP contribution is -2.02. The van der Waals surface area contributed by atoms with E-state index in [2.05, 4.69) is 34.6 Å². The third kappa shape index (κ3) is 13.1. The van der Waals surface area contributed by atoms with Crippen LogP contribution in [0.2, 0.25) is 0 Å². The molecule has 0 amide bonds. The van der Waals surface area contributed by atoms with Crippen LogP contribution < -0.4 is 0 Å². The molecule has 0 saturated heterocycles. The van der Waals surface area contributed by atoms with E-state index in [0.717, 1.165) is 24.2 Å². The lowest BCUT2D eigenvalue weighted by molar-refractivity contribution is 0.340. The molecule has 0 radical (unpaired) electrons. The molecule has 0 aliphatic heterocycles. The van der Waals surface area contributed by atoms with Crippen molar-refractivity contribution in [3.63, 3.8) is 0 Å². The van der Waals surface area contributed by atoms with Gasteiger partial charge in [-0.15, -0.1) is 0 Å². The largest absolute Gasteiger partial charge is 0.392 e. The maximum Gasteiger partial charge on any atom is 0.0614 e. The highest BCUT2D eigenvalue weighted by Gasteiger charge is 2.09. The Kier molecular flexibility index (Phi) is 13.2. The normalized spacial score (nSPS) is 15.5. The van der Waals surface area contributed by atoms with Gasteiger partial charge in [0.05, 0.1) is 6.61 Å². The first kappa shape index (κ1) is 20.7. The highest BCUT2D eigenvalue weighted by atomic mass is 16.2. The lowest BCUT2D eigenvalue weighted by atomic mass is 9.89. The summed E-state index contributed by atoms with van der Waals surface area (Å²) in [5, 5.41) is 8.89. The van der Waals surface area contributed by atoms with Crippen molar-refractivity contribution in [2.45, 2.75) is 92.4 Å². The van der Waals surface area contributed by atoms with Gasteiger partial charge in [0.1, 0.15) is 0 Å². The fraction of sp³-hybridized carbons (Fsp3) is 0.900. The van der Waals surface area contributed by atoms with E-state index in [-0.39, 0.29) is 6.61 Å². The third-order valence-electron chi connectivity index (χ3n) is 4.75. The van der Waals surface area contributed by atoms with E-state index >= 15 is 0 Å². The molecule has 2 unspecified atom stereocenters. The summed E-state index contributed by atoms with van der Waals surface area (Å²) in [6.45, 7) is 11.7. The Morgan fingerprint density at radius 1 is 0.952 bits per heavy atom. The van der Waals surface area contributed by atoms with E-state index in [4.69, 9.17) is 5.11 Å². The summed E-state index contributed by atoms with van der Waals surface area (Å²) >= 11 is 0. The van der Waals surface area contributed by atoms with Crippen molar-refractivity contribution in [1.82, 2.24) is 0 Å². The predicted octanol–water partition coefficient (Wildman–Crippen LogP) is 6.36. The Morgan fingerprint density at radius 2 is 1.57 bits per heavy atom. The maximum absolute atomic E-state index is 8.89. The smallest absolute Gasteiger partial charge is 0.0614 e. The van der Waals surface area contributed by atoms with Crippen molar-refractivity contribution in [1.29, 1.82) is 0 Å². The minimum absolute atomic E-state index is 0.191. The van der Waals surface area contributed by atoms with Crippen LogP contribution in [0.15, 0.2) is 11.6 Å². The number of aliphatic hydroxyl groups excluding tert-OH is 1. The second kappa shape index (κ2) is 13.4. The van der Waals surface area contributed by atoms with Gasteiger partial charge in [-0.05, 0) is 37.5 Å². The van der Waals surface area contributed by atoms with Crippen molar-refractivity contribution in [3.8, 4) is 0 Å². The van der Waals surface area contributed by atoms with Crippen molar-refractivity contribution in [3.05, 3.63) is 11.6 Å². The van der Waals surface area contributed by atoms with Crippen LogP contribution in [-0.4, -0.2) is 11.7 Å². The quantitative estimate of drug-likeness (QED) is 0.392. The second-order valence-electron chi connectivity index (χ2n) is 7.41. The number of allylic oxidation sites excluding steroid dienone is 1. The van der Waals surface area contributed by atoms with E-state index in [0.29, 0.717) is 0 Å². The average Bonchev–Trinajstić information content (AvgIpc) is 2.42. The number of hydrogen-bond donors (Lipinski definition) is 1. The van der Waals surface area contributed by atoms with E-state index < -0.39 is 0 Å². The topological polar surface area (TPSA) is 20.2 Å². The van der Waals surface area contributed by atoms with Gasteiger partial charge in [-0.2, -0.15) is 0 Å². The second-order valence-corrected chi connectivity index (χ2v) is 7.41. The van der Waals surface area contributed by atoms with Crippen molar-refractivity contribution in [2.24, 2.45) is 17.8 Å². The highest BCUT2D eigenvalue weighted by molar-refractivity contribution is 4.97. The van der Waals surface area contributed by atoms with Crippen LogP contribution in [0, 0.1) is 17.8 Å². The molecule has 0 saturated carbocycles. The summed E-state index contributed by atoms with van der Waals surface area (Å²) < 4.78 is 0. The summed E-state index contributed by atoms with van der Waals surface area (Å²) in [5.41, 5.74) is 1.35. The Hall–Kier alpha value is -0.300. The molecule has 0 aromatic rings. The van der Waals surface area contributed by atoms with Gasteiger partial charge in [0.2, 0.25) is 0 Å². The molecule has 1 N–H and O–H groups in total. The van der Waals surface area contributed by atoms with Crippen LogP contribution in [0.25, 0.3) is 0 Å². The monoisotopic (exact) mass is 296 g/mol. The molecule has 0 aromatic carbocycles. The summed E-state index contributed by atoms with van der Waals surface area (Å²) in [6, 6.07) is 0. The van der Waals surface area contributed by atoms with Crippen molar-refractivity contribution in [2.75, 3.05) is 6.61 Å². The molecule has 1 nitrogen and oxygen atoms in total. The Labute approximate surface area is 134 Å². The van der Waals surface area contributed by atoms with Gasteiger partial charge in [-0.25, -0.2) is 0 Å². The zero-order valence-corrected chi connectivity index (χ0v) is 15.3. The Morgan fingerprint density at radius 3 is 2.10 bits per heavy atom. The minimum Gasteiger partial charge on any atom is -0.392 e. The zero-order valence-electron chi connectivity index (χ0n) is 15.3. The molecule has 126 valence electrons. The molecule has 0 spiro atoms. The standard InChI is InChI=1S/C20H40O/c1-6-20(14-13-19(5)15-16-21)12-8-11-18(4)10-7-9-17(2)3/h15,17-18,20-21H,6-14,16H2,1-5H3. The van der Waals surface area contributed by atoms with Crippen LogP contribution in [-0.2, 0) is 0 Å². The number of hydrogen-bond acceptors (Lipinski definition) is 1. The van der Waals surface area contributed by atoms with Gasteiger partial charge in [-0.3, -0.25) is 0 Å². The fourth-order valence-corrected chi connectivity index (χ4v) is 3.02. The first-order valence-corrected chi connectivity index (χ1v) is 9.26. The molecule has 0 rings (SSSR count). The highest BCUT2D eigenvalue weighted by Crippen LogP contribution is 2.24. The van der Waals surface area contributed by atoms with E-state index in [1.165, 1.54) is 56.9 Å². The first-order valence-electron chi connectivity index (χ1n) is 9.26. The molecule has 21 heavy (non-hydrogen) atoms. The van der Waals surface area contributed by atoms with Gasteiger partial charge >= 0.3 is 0 Å². The summed E-state index contributed by atoms with van der Waals surface area (Å²) in [4.78, 5) is 0. The molecule has 1 heteroatoms. The fourth-order valence-electron chi connectivity index (χ4n) is 3.02. The zero-order chi connectivity index (χ0) is 16.1. The van der Waals surface area contributed by atoms with E-state index in [1.807, 2.05) is 6.08 Å². The van der Waals surface area contributed by atoms with E-state index in [9.17, 15) is 0 Å². The van der Waals surface area contributed by atoms with Gasteiger partial charge in [0.25, 0.3) is 0 Å². The molecule has 0 heterocycles. The molecule has 0 aliphatic rings.